The molecular formula is C13H25NO2. The zero-order valence-corrected chi connectivity index (χ0v) is 10.5. The molecule has 2 N–H and O–H groups in total. The van der Waals surface area contributed by atoms with Crippen molar-refractivity contribution in [3.05, 3.63) is 12.7 Å². The number of β-amino-alcohol motifs (C(OH)–C–C–N with tert-alkyl or cyclic N) is 1. The third kappa shape index (κ3) is 3.89. The van der Waals surface area contributed by atoms with Crippen molar-refractivity contribution in [2.75, 3.05) is 13.1 Å². The van der Waals surface area contributed by atoms with Gasteiger partial charge < -0.3 is 10.2 Å². The normalized spacial score (nSPS) is 24.6. The molecule has 2 atom stereocenters. The highest BCUT2D eigenvalue weighted by molar-refractivity contribution is 4.91. The fourth-order valence-electron chi connectivity index (χ4n) is 2.52. The molecule has 1 heterocycles. The number of hydrogen-bond donors (Lipinski definition) is 2. The van der Waals surface area contributed by atoms with E-state index in [-0.39, 0.29) is 12.1 Å². The molecule has 1 aliphatic heterocycles. The average Bonchev–Trinajstić information content (AvgIpc) is 2.62. The number of allylic oxidation sites excluding steroid dienone is 1. The second-order valence-corrected chi connectivity index (χ2v) is 5.33. The van der Waals surface area contributed by atoms with Crippen molar-refractivity contribution < 1.29 is 10.2 Å². The van der Waals surface area contributed by atoms with E-state index in [2.05, 4.69) is 11.5 Å². The van der Waals surface area contributed by atoms with Crippen molar-refractivity contribution in [2.45, 2.75) is 57.3 Å². The first-order valence-corrected chi connectivity index (χ1v) is 6.20. The SMILES string of the molecule is C=CCC[C@@H](O)CN1CCC[C@H]1C(C)(C)O. The van der Waals surface area contributed by atoms with Crippen molar-refractivity contribution >= 4 is 0 Å². The lowest BCUT2D eigenvalue weighted by Crippen LogP contribution is -2.48. The number of likely N-dealkylation sites (tertiary alicyclic amines) is 1. The molecule has 1 saturated heterocycles. The van der Waals surface area contributed by atoms with Gasteiger partial charge in [0, 0.05) is 12.6 Å². The van der Waals surface area contributed by atoms with E-state index in [0.717, 1.165) is 32.2 Å². The number of aliphatic hydroxyl groups excluding tert-OH is 1. The number of rotatable bonds is 6. The van der Waals surface area contributed by atoms with Gasteiger partial charge in [0.2, 0.25) is 0 Å². The van der Waals surface area contributed by atoms with E-state index in [1.807, 2.05) is 19.9 Å². The molecule has 3 nitrogen and oxygen atoms in total. The highest BCUT2D eigenvalue weighted by Gasteiger charge is 2.36. The summed E-state index contributed by atoms with van der Waals surface area (Å²) in [6, 6.07) is 0.186. The van der Waals surface area contributed by atoms with E-state index < -0.39 is 5.60 Å². The minimum Gasteiger partial charge on any atom is -0.392 e. The summed E-state index contributed by atoms with van der Waals surface area (Å²) in [5, 5.41) is 19.9. The van der Waals surface area contributed by atoms with Crippen molar-refractivity contribution in [3.8, 4) is 0 Å². The molecule has 1 fully saturated rings. The Morgan fingerprint density at radius 3 is 2.81 bits per heavy atom. The first-order chi connectivity index (χ1) is 7.45. The van der Waals surface area contributed by atoms with Gasteiger partial charge in [0.15, 0.2) is 0 Å². The van der Waals surface area contributed by atoms with Crippen LogP contribution in [0.25, 0.3) is 0 Å². The van der Waals surface area contributed by atoms with Crippen LogP contribution in [-0.2, 0) is 0 Å². The van der Waals surface area contributed by atoms with Crippen LogP contribution >= 0.6 is 0 Å². The van der Waals surface area contributed by atoms with Crippen LogP contribution in [0.1, 0.15) is 39.5 Å². The van der Waals surface area contributed by atoms with Crippen molar-refractivity contribution in [2.24, 2.45) is 0 Å². The summed E-state index contributed by atoms with van der Waals surface area (Å²) in [6.07, 6.45) is 5.28. The molecule has 0 spiro atoms. The van der Waals surface area contributed by atoms with Crippen LogP contribution in [0.2, 0.25) is 0 Å². The molecular weight excluding hydrogens is 202 g/mol. The van der Waals surface area contributed by atoms with Crippen molar-refractivity contribution in [3.63, 3.8) is 0 Å². The number of nitrogens with zero attached hydrogens (tertiary/aromatic N) is 1. The van der Waals surface area contributed by atoms with E-state index in [1.54, 1.807) is 0 Å². The first kappa shape index (κ1) is 13.7. The Balaban J connectivity index is 2.43. The smallest absolute Gasteiger partial charge is 0.0746 e. The third-order valence-corrected chi connectivity index (χ3v) is 3.33. The zero-order chi connectivity index (χ0) is 12.2. The lowest BCUT2D eigenvalue weighted by molar-refractivity contribution is -0.0164. The van der Waals surface area contributed by atoms with E-state index in [4.69, 9.17) is 0 Å². The lowest BCUT2D eigenvalue weighted by atomic mass is 9.96. The Morgan fingerprint density at radius 1 is 1.56 bits per heavy atom. The largest absolute Gasteiger partial charge is 0.392 e. The van der Waals surface area contributed by atoms with Crippen LogP contribution in [0.4, 0.5) is 0 Å². The Hall–Kier alpha value is -0.380. The monoisotopic (exact) mass is 227 g/mol. The average molecular weight is 227 g/mol. The summed E-state index contributed by atoms with van der Waals surface area (Å²) in [6.45, 7) is 9.02. The summed E-state index contributed by atoms with van der Waals surface area (Å²) < 4.78 is 0. The summed E-state index contributed by atoms with van der Waals surface area (Å²) >= 11 is 0. The van der Waals surface area contributed by atoms with Gasteiger partial charge in [-0.3, -0.25) is 4.90 Å². The lowest BCUT2D eigenvalue weighted by Gasteiger charge is -2.34. The van der Waals surface area contributed by atoms with Gasteiger partial charge in [-0.1, -0.05) is 6.08 Å². The molecule has 3 heteroatoms. The van der Waals surface area contributed by atoms with Gasteiger partial charge in [0.25, 0.3) is 0 Å². The molecule has 0 radical (unpaired) electrons. The summed E-state index contributed by atoms with van der Waals surface area (Å²) in [5.74, 6) is 0. The highest BCUT2D eigenvalue weighted by Crippen LogP contribution is 2.26. The first-order valence-electron chi connectivity index (χ1n) is 6.20. The van der Waals surface area contributed by atoms with Crippen LogP contribution in [0.15, 0.2) is 12.7 Å². The Bertz CT molecular complexity index is 222. The predicted octanol–water partition coefficient (Wildman–Crippen LogP) is 1.55. The van der Waals surface area contributed by atoms with Crippen molar-refractivity contribution in [1.82, 2.24) is 4.90 Å². The fraction of sp³-hybridized carbons (Fsp3) is 0.846. The molecule has 0 unspecified atom stereocenters. The molecule has 16 heavy (non-hydrogen) atoms. The molecule has 0 aliphatic carbocycles. The second kappa shape index (κ2) is 5.80. The molecule has 0 aromatic rings. The molecule has 0 saturated carbocycles. The minimum atomic E-state index is -0.672. The molecule has 94 valence electrons. The van der Waals surface area contributed by atoms with Crippen LogP contribution in [0.5, 0.6) is 0 Å². The van der Waals surface area contributed by atoms with Crippen molar-refractivity contribution in [1.29, 1.82) is 0 Å². The maximum atomic E-state index is 10.0. The quantitative estimate of drug-likeness (QED) is 0.677. The van der Waals surface area contributed by atoms with E-state index in [0.29, 0.717) is 6.54 Å². The van der Waals surface area contributed by atoms with E-state index in [1.165, 1.54) is 0 Å². The molecule has 1 rings (SSSR count). The van der Waals surface area contributed by atoms with Gasteiger partial charge in [0.1, 0.15) is 0 Å². The highest BCUT2D eigenvalue weighted by atomic mass is 16.3. The zero-order valence-electron chi connectivity index (χ0n) is 10.5. The van der Waals surface area contributed by atoms with Gasteiger partial charge >= 0.3 is 0 Å². The number of hydrogen-bond acceptors (Lipinski definition) is 3. The maximum absolute atomic E-state index is 10.0. The molecule has 0 aromatic heterocycles. The van der Waals surface area contributed by atoms with Gasteiger partial charge in [-0.25, -0.2) is 0 Å². The standard InChI is InChI=1S/C13H25NO2/c1-4-5-7-11(15)10-14-9-6-8-12(14)13(2,3)16/h4,11-12,15-16H,1,5-10H2,2-3H3/t11-,12+/m1/s1. The molecule has 1 aliphatic rings. The van der Waals surface area contributed by atoms with Crippen LogP contribution < -0.4 is 0 Å². The Morgan fingerprint density at radius 2 is 2.25 bits per heavy atom. The van der Waals surface area contributed by atoms with E-state index in [9.17, 15) is 10.2 Å². The Kier molecular flexibility index (Phi) is 4.96. The van der Waals surface area contributed by atoms with Crippen LogP contribution in [0.3, 0.4) is 0 Å². The van der Waals surface area contributed by atoms with Gasteiger partial charge in [0.05, 0.1) is 11.7 Å². The van der Waals surface area contributed by atoms with E-state index >= 15 is 0 Å². The summed E-state index contributed by atoms with van der Waals surface area (Å²) in [4.78, 5) is 2.22. The molecule has 0 bridgehead atoms. The predicted molar refractivity (Wildman–Crippen MR) is 66.3 cm³/mol. The topological polar surface area (TPSA) is 43.7 Å². The second-order valence-electron chi connectivity index (χ2n) is 5.33. The summed E-state index contributed by atoms with van der Waals surface area (Å²) in [7, 11) is 0. The van der Waals surface area contributed by atoms with Gasteiger partial charge in [-0.05, 0) is 46.1 Å². The third-order valence-electron chi connectivity index (χ3n) is 3.33. The van der Waals surface area contributed by atoms with Crippen LogP contribution in [-0.4, -0.2) is 45.9 Å². The van der Waals surface area contributed by atoms with Gasteiger partial charge in [-0.15, -0.1) is 6.58 Å². The fourth-order valence-corrected chi connectivity index (χ4v) is 2.52. The van der Waals surface area contributed by atoms with Crippen LogP contribution in [0, 0.1) is 0 Å². The molecule has 0 aromatic carbocycles. The van der Waals surface area contributed by atoms with Gasteiger partial charge in [-0.2, -0.15) is 0 Å². The maximum Gasteiger partial charge on any atom is 0.0746 e. The number of aliphatic hydroxyl groups is 2. The summed E-state index contributed by atoms with van der Waals surface area (Å²) in [5.41, 5.74) is -0.672. The minimum absolute atomic E-state index is 0.186. The Labute approximate surface area is 98.8 Å². The molecule has 0 amide bonds.